The van der Waals surface area contributed by atoms with Gasteiger partial charge in [0.05, 0.1) is 0 Å². The Balaban J connectivity index is 0.000000293. The van der Waals surface area contributed by atoms with E-state index in [0.29, 0.717) is 0 Å². The summed E-state index contributed by atoms with van der Waals surface area (Å²) >= 11 is 0. The molecular weight excluding hydrogens is 445 g/mol. The molecule has 0 saturated heterocycles. The summed E-state index contributed by atoms with van der Waals surface area (Å²) in [5.74, 6) is 0. The van der Waals surface area contributed by atoms with Gasteiger partial charge in [-0.2, -0.15) is 13.2 Å². The van der Waals surface area contributed by atoms with Gasteiger partial charge < -0.3 is 4.55 Å². The maximum atomic E-state index is 10.7. The molecule has 0 aliphatic rings. The standard InChI is InChI=1S/C22H19S.CHF3O3S/c1-23(2)21-14-8-7-13-20(21)22-18-11-5-3-9-16(18)15-17-10-4-6-12-19(17)22;2-1(3,4)8(5,6)7/h3-15H,1-2H3;(H,5,6,7)/q+1;/p-1. The van der Waals surface area contributed by atoms with Gasteiger partial charge in [0.25, 0.3) is 0 Å². The predicted molar refractivity (Wildman–Crippen MR) is 120 cm³/mol. The van der Waals surface area contributed by atoms with Crippen LogP contribution in [-0.4, -0.2) is 31.0 Å². The quantitative estimate of drug-likeness (QED) is 0.159. The Hall–Kier alpha value is -2.55. The minimum Gasteiger partial charge on any atom is -0.741 e. The minimum atomic E-state index is -6.09. The summed E-state index contributed by atoms with van der Waals surface area (Å²) in [6, 6.07) is 28.6. The zero-order valence-electron chi connectivity index (χ0n) is 16.7. The van der Waals surface area contributed by atoms with Gasteiger partial charge in [-0.05, 0) is 39.7 Å². The van der Waals surface area contributed by atoms with Crippen molar-refractivity contribution in [2.24, 2.45) is 0 Å². The van der Waals surface area contributed by atoms with Crippen molar-refractivity contribution in [1.82, 2.24) is 0 Å². The highest BCUT2D eigenvalue weighted by atomic mass is 32.2. The van der Waals surface area contributed by atoms with Crippen LogP contribution in [0.25, 0.3) is 32.7 Å². The van der Waals surface area contributed by atoms with Gasteiger partial charge in [-0.25, -0.2) is 8.42 Å². The van der Waals surface area contributed by atoms with Gasteiger partial charge in [-0.15, -0.1) is 0 Å². The van der Waals surface area contributed by atoms with Crippen molar-refractivity contribution < 1.29 is 26.1 Å². The van der Waals surface area contributed by atoms with E-state index in [1.165, 1.54) is 37.6 Å². The molecule has 162 valence electrons. The first-order valence-corrected chi connectivity index (χ1v) is 12.6. The topological polar surface area (TPSA) is 57.2 Å². The van der Waals surface area contributed by atoms with Crippen molar-refractivity contribution in [3.63, 3.8) is 0 Å². The maximum absolute atomic E-state index is 10.7. The molecule has 0 atom stereocenters. The van der Waals surface area contributed by atoms with Gasteiger partial charge in [0, 0.05) is 22.0 Å². The normalized spacial score (nSPS) is 12.1. The third kappa shape index (κ3) is 5.03. The summed E-state index contributed by atoms with van der Waals surface area (Å²) < 4.78 is 58.9. The molecule has 0 aliphatic heterocycles. The van der Waals surface area contributed by atoms with Gasteiger partial charge in [-0.1, -0.05) is 60.7 Å². The molecule has 0 radical (unpaired) electrons. The van der Waals surface area contributed by atoms with E-state index in [4.69, 9.17) is 13.0 Å². The first-order valence-electron chi connectivity index (χ1n) is 9.10. The van der Waals surface area contributed by atoms with Gasteiger partial charge in [0.15, 0.2) is 15.0 Å². The zero-order chi connectivity index (χ0) is 22.8. The molecule has 0 saturated carbocycles. The number of benzene rings is 4. The molecule has 0 aliphatic carbocycles. The minimum absolute atomic E-state index is 0.223. The van der Waals surface area contributed by atoms with Gasteiger partial charge in [0.2, 0.25) is 0 Å². The molecule has 0 bridgehead atoms. The number of alkyl halides is 3. The van der Waals surface area contributed by atoms with Crippen LogP contribution < -0.4 is 0 Å². The average Bonchev–Trinajstić information content (AvgIpc) is 2.71. The fourth-order valence-electron chi connectivity index (χ4n) is 3.33. The fourth-order valence-corrected chi connectivity index (χ4v) is 4.29. The Morgan fingerprint density at radius 1 is 0.774 bits per heavy atom. The van der Waals surface area contributed by atoms with Crippen LogP contribution in [0, 0.1) is 0 Å². The van der Waals surface area contributed by atoms with Crippen LogP contribution in [-0.2, 0) is 21.0 Å². The number of hydrogen-bond acceptors (Lipinski definition) is 3. The van der Waals surface area contributed by atoms with Crippen LogP contribution >= 0.6 is 0 Å². The second-order valence-electron chi connectivity index (χ2n) is 6.91. The van der Waals surface area contributed by atoms with Crippen LogP contribution in [0.2, 0.25) is 0 Å². The molecule has 0 fully saturated rings. The maximum Gasteiger partial charge on any atom is 0.485 e. The zero-order valence-corrected chi connectivity index (χ0v) is 18.3. The number of halogens is 3. The SMILES string of the molecule is C[S+](C)c1ccccc1-c1c2ccccc2cc2ccccc12.O=S(=O)([O-])C(F)(F)F. The smallest absolute Gasteiger partial charge is 0.485 e. The molecule has 4 aromatic carbocycles. The van der Waals surface area contributed by atoms with Gasteiger partial charge in [-0.3, -0.25) is 0 Å². The molecule has 31 heavy (non-hydrogen) atoms. The van der Waals surface area contributed by atoms with Crippen LogP contribution in [0.15, 0.2) is 83.8 Å². The first-order chi connectivity index (χ1) is 14.5. The molecular formula is C23H19F3O3S2. The van der Waals surface area contributed by atoms with E-state index in [2.05, 4.69) is 91.4 Å². The van der Waals surface area contributed by atoms with Crippen molar-refractivity contribution in [3.8, 4) is 11.1 Å². The molecule has 0 spiro atoms. The highest BCUT2D eigenvalue weighted by Crippen LogP contribution is 2.39. The Labute approximate surface area is 181 Å². The lowest BCUT2D eigenvalue weighted by Gasteiger charge is -2.13. The average molecular weight is 465 g/mol. The molecule has 0 aromatic heterocycles. The molecule has 3 nitrogen and oxygen atoms in total. The van der Waals surface area contributed by atoms with E-state index in [9.17, 15) is 13.2 Å². The summed E-state index contributed by atoms with van der Waals surface area (Å²) in [6.45, 7) is 0. The second-order valence-corrected chi connectivity index (χ2v) is 10.4. The van der Waals surface area contributed by atoms with E-state index in [0.717, 1.165) is 0 Å². The lowest BCUT2D eigenvalue weighted by Crippen LogP contribution is -2.21. The van der Waals surface area contributed by atoms with Crippen LogP contribution in [0.5, 0.6) is 0 Å². The molecule has 4 aromatic rings. The Bertz CT molecular complexity index is 1280. The molecule has 4 rings (SSSR count). The van der Waals surface area contributed by atoms with Crippen molar-refractivity contribution in [3.05, 3.63) is 78.9 Å². The lowest BCUT2D eigenvalue weighted by molar-refractivity contribution is -0.0517. The Morgan fingerprint density at radius 2 is 1.19 bits per heavy atom. The first kappa shape index (κ1) is 23.1. The second kappa shape index (κ2) is 8.90. The van der Waals surface area contributed by atoms with Crippen LogP contribution in [0.4, 0.5) is 13.2 Å². The molecule has 0 amide bonds. The fraction of sp³-hybridized carbons (Fsp3) is 0.130. The van der Waals surface area contributed by atoms with E-state index >= 15 is 0 Å². The van der Waals surface area contributed by atoms with E-state index < -0.39 is 15.6 Å². The van der Waals surface area contributed by atoms with Crippen molar-refractivity contribution in [2.45, 2.75) is 10.4 Å². The van der Waals surface area contributed by atoms with Crippen LogP contribution in [0.1, 0.15) is 0 Å². The molecule has 8 heteroatoms. The number of rotatable bonds is 2. The van der Waals surface area contributed by atoms with Crippen molar-refractivity contribution >= 4 is 42.6 Å². The van der Waals surface area contributed by atoms with Crippen LogP contribution in [0.3, 0.4) is 0 Å². The summed E-state index contributed by atoms with van der Waals surface area (Å²) in [6.07, 6.45) is 4.60. The van der Waals surface area contributed by atoms with Gasteiger partial charge >= 0.3 is 5.51 Å². The van der Waals surface area contributed by atoms with Crippen molar-refractivity contribution in [2.75, 3.05) is 12.5 Å². The van der Waals surface area contributed by atoms with E-state index in [1.54, 1.807) is 0 Å². The summed E-state index contributed by atoms with van der Waals surface area (Å²) in [4.78, 5) is 1.44. The lowest BCUT2D eigenvalue weighted by atomic mass is 9.92. The van der Waals surface area contributed by atoms with E-state index in [1.807, 2.05) is 0 Å². The highest BCUT2D eigenvalue weighted by Gasteiger charge is 2.36. The summed E-state index contributed by atoms with van der Waals surface area (Å²) in [7, 11) is -5.87. The van der Waals surface area contributed by atoms with Crippen molar-refractivity contribution in [1.29, 1.82) is 0 Å². The Kier molecular flexibility index (Phi) is 6.64. The van der Waals surface area contributed by atoms with Gasteiger partial charge in [0.1, 0.15) is 12.5 Å². The number of hydrogen-bond donors (Lipinski definition) is 0. The molecule has 0 heterocycles. The third-order valence-corrected chi connectivity index (χ3v) is 6.45. The molecule has 0 N–H and O–H groups in total. The van der Waals surface area contributed by atoms with E-state index in [-0.39, 0.29) is 10.9 Å². The predicted octanol–water partition coefficient (Wildman–Crippen LogP) is 5.95. The highest BCUT2D eigenvalue weighted by molar-refractivity contribution is 7.95. The molecule has 0 unspecified atom stereocenters. The number of fused-ring (bicyclic) bond motifs is 2. The largest absolute Gasteiger partial charge is 0.741 e. The monoisotopic (exact) mass is 464 g/mol. The summed E-state index contributed by atoms with van der Waals surface area (Å²) in [5.41, 5.74) is -2.91. The summed E-state index contributed by atoms with van der Waals surface area (Å²) in [5, 5.41) is 5.29. The Morgan fingerprint density at radius 3 is 1.65 bits per heavy atom. The third-order valence-electron chi connectivity index (χ3n) is 4.65.